The van der Waals surface area contributed by atoms with Gasteiger partial charge in [0.2, 0.25) is 0 Å². The molecule has 1 aromatic carbocycles. The van der Waals surface area contributed by atoms with E-state index in [-0.39, 0.29) is 6.04 Å². The topological polar surface area (TPSA) is 43.8 Å². The lowest BCUT2D eigenvalue weighted by Gasteiger charge is -2.02. The van der Waals surface area contributed by atoms with Crippen LogP contribution in [0, 0.1) is 3.57 Å². The molecule has 0 aliphatic carbocycles. The van der Waals surface area contributed by atoms with Gasteiger partial charge in [0.15, 0.2) is 0 Å². The molecular weight excluding hydrogens is 313 g/mol. The molecule has 0 saturated carbocycles. The van der Waals surface area contributed by atoms with Crippen LogP contribution in [0.15, 0.2) is 36.7 Å². The summed E-state index contributed by atoms with van der Waals surface area (Å²) >= 11 is 2.30. The van der Waals surface area contributed by atoms with Crippen molar-refractivity contribution >= 4 is 22.6 Å². The fourth-order valence-corrected chi connectivity index (χ4v) is 1.84. The zero-order valence-corrected chi connectivity index (χ0v) is 11.3. The standard InChI is InChI=1S/C12H14IN3/c1-9(14)11-6-15-16(8-11)7-10-2-4-12(13)5-3-10/h2-6,8-9H,7,14H2,1H3. The van der Waals surface area contributed by atoms with Gasteiger partial charge in [0, 0.05) is 21.4 Å². The Bertz CT molecular complexity index is 459. The molecule has 2 N–H and O–H groups in total. The van der Waals surface area contributed by atoms with Gasteiger partial charge < -0.3 is 5.73 Å². The summed E-state index contributed by atoms with van der Waals surface area (Å²) in [7, 11) is 0. The highest BCUT2D eigenvalue weighted by atomic mass is 127. The van der Waals surface area contributed by atoms with Crippen molar-refractivity contribution in [2.45, 2.75) is 19.5 Å². The first-order chi connectivity index (χ1) is 7.65. The van der Waals surface area contributed by atoms with Crippen molar-refractivity contribution in [2.75, 3.05) is 0 Å². The molecule has 1 heterocycles. The van der Waals surface area contributed by atoms with Crippen LogP contribution in [0.25, 0.3) is 0 Å². The predicted molar refractivity (Wildman–Crippen MR) is 73.1 cm³/mol. The van der Waals surface area contributed by atoms with Crippen LogP contribution >= 0.6 is 22.6 Å². The monoisotopic (exact) mass is 327 g/mol. The lowest BCUT2D eigenvalue weighted by Crippen LogP contribution is -2.04. The molecule has 3 nitrogen and oxygen atoms in total. The highest BCUT2D eigenvalue weighted by Crippen LogP contribution is 2.11. The third-order valence-electron chi connectivity index (χ3n) is 2.44. The number of hydrogen-bond donors (Lipinski definition) is 1. The number of aromatic nitrogens is 2. The van der Waals surface area contributed by atoms with E-state index in [0.29, 0.717) is 0 Å². The van der Waals surface area contributed by atoms with E-state index < -0.39 is 0 Å². The van der Waals surface area contributed by atoms with Gasteiger partial charge in [-0.25, -0.2) is 0 Å². The average molecular weight is 327 g/mol. The number of benzene rings is 1. The van der Waals surface area contributed by atoms with Crippen LogP contribution in [0.1, 0.15) is 24.1 Å². The first-order valence-corrected chi connectivity index (χ1v) is 6.25. The average Bonchev–Trinajstić information content (AvgIpc) is 2.70. The predicted octanol–water partition coefficient (Wildman–Crippen LogP) is 2.56. The smallest absolute Gasteiger partial charge is 0.0659 e. The summed E-state index contributed by atoms with van der Waals surface area (Å²) in [6.07, 6.45) is 3.83. The van der Waals surface area contributed by atoms with E-state index in [1.54, 1.807) is 0 Å². The van der Waals surface area contributed by atoms with E-state index >= 15 is 0 Å². The second kappa shape index (κ2) is 4.97. The van der Waals surface area contributed by atoms with Crippen molar-refractivity contribution in [3.63, 3.8) is 0 Å². The highest BCUT2D eigenvalue weighted by Gasteiger charge is 2.03. The van der Waals surface area contributed by atoms with Gasteiger partial charge in [0.05, 0.1) is 12.7 Å². The first kappa shape index (κ1) is 11.6. The number of nitrogens with two attached hydrogens (primary N) is 1. The molecular formula is C12H14IN3. The summed E-state index contributed by atoms with van der Waals surface area (Å²) in [4.78, 5) is 0. The SMILES string of the molecule is CC(N)c1cnn(Cc2ccc(I)cc2)c1. The van der Waals surface area contributed by atoms with E-state index in [2.05, 4.69) is 52.0 Å². The Morgan fingerprint density at radius 2 is 2.06 bits per heavy atom. The van der Waals surface area contributed by atoms with Crippen LogP contribution in [-0.4, -0.2) is 9.78 Å². The molecule has 0 spiro atoms. The van der Waals surface area contributed by atoms with Crippen molar-refractivity contribution in [2.24, 2.45) is 5.73 Å². The second-order valence-corrected chi connectivity index (χ2v) is 5.13. The molecule has 0 radical (unpaired) electrons. The Morgan fingerprint density at radius 1 is 1.38 bits per heavy atom. The molecule has 1 unspecified atom stereocenters. The largest absolute Gasteiger partial charge is 0.324 e. The van der Waals surface area contributed by atoms with E-state index in [0.717, 1.165) is 12.1 Å². The molecule has 0 aliphatic heterocycles. The van der Waals surface area contributed by atoms with E-state index in [9.17, 15) is 0 Å². The van der Waals surface area contributed by atoms with Gasteiger partial charge in [-0.3, -0.25) is 4.68 Å². The van der Waals surface area contributed by atoms with E-state index in [1.807, 2.05) is 24.0 Å². The minimum Gasteiger partial charge on any atom is -0.324 e. The van der Waals surface area contributed by atoms with Gasteiger partial charge in [-0.2, -0.15) is 5.10 Å². The van der Waals surface area contributed by atoms with Crippen molar-refractivity contribution in [3.05, 3.63) is 51.4 Å². The molecule has 1 atom stereocenters. The van der Waals surface area contributed by atoms with Crippen LogP contribution < -0.4 is 5.73 Å². The van der Waals surface area contributed by atoms with E-state index in [1.165, 1.54) is 9.13 Å². The Balaban J connectivity index is 2.11. The molecule has 16 heavy (non-hydrogen) atoms. The molecule has 0 fully saturated rings. The molecule has 0 bridgehead atoms. The number of halogens is 1. The van der Waals surface area contributed by atoms with Crippen LogP contribution in [0.3, 0.4) is 0 Å². The highest BCUT2D eigenvalue weighted by molar-refractivity contribution is 14.1. The third kappa shape index (κ3) is 2.82. The maximum absolute atomic E-state index is 5.79. The molecule has 0 saturated heterocycles. The second-order valence-electron chi connectivity index (χ2n) is 3.89. The van der Waals surface area contributed by atoms with Gasteiger partial charge in [-0.05, 0) is 47.2 Å². The Hall–Kier alpha value is -0.880. The van der Waals surface area contributed by atoms with Crippen LogP contribution in [0.4, 0.5) is 0 Å². The van der Waals surface area contributed by atoms with Gasteiger partial charge in [0.1, 0.15) is 0 Å². The van der Waals surface area contributed by atoms with Crippen molar-refractivity contribution in [3.8, 4) is 0 Å². The minimum absolute atomic E-state index is 0.0467. The maximum atomic E-state index is 5.79. The summed E-state index contributed by atoms with van der Waals surface area (Å²) < 4.78 is 3.17. The van der Waals surface area contributed by atoms with Gasteiger partial charge in [-0.15, -0.1) is 0 Å². The molecule has 1 aromatic heterocycles. The lowest BCUT2D eigenvalue weighted by molar-refractivity contribution is 0.684. The van der Waals surface area contributed by atoms with Crippen molar-refractivity contribution < 1.29 is 0 Å². The van der Waals surface area contributed by atoms with Crippen molar-refractivity contribution in [1.29, 1.82) is 0 Å². The molecule has 4 heteroatoms. The van der Waals surface area contributed by atoms with Gasteiger partial charge >= 0.3 is 0 Å². The van der Waals surface area contributed by atoms with Gasteiger partial charge in [0.25, 0.3) is 0 Å². The fourth-order valence-electron chi connectivity index (χ4n) is 1.48. The number of rotatable bonds is 3. The van der Waals surface area contributed by atoms with Crippen molar-refractivity contribution in [1.82, 2.24) is 9.78 Å². The van der Waals surface area contributed by atoms with Crippen LogP contribution in [0.5, 0.6) is 0 Å². The fraction of sp³-hybridized carbons (Fsp3) is 0.250. The molecule has 2 rings (SSSR count). The normalized spacial score (nSPS) is 12.7. The Morgan fingerprint density at radius 3 is 2.62 bits per heavy atom. The summed E-state index contributed by atoms with van der Waals surface area (Å²) in [6, 6.07) is 8.49. The zero-order valence-electron chi connectivity index (χ0n) is 9.10. The zero-order chi connectivity index (χ0) is 11.5. The third-order valence-corrected chi connectivity index (χ3v) is 3.16. The first-order valence-electron chi connectivity index (χ1n) is 5.17. The van der Waals surface area contributed by atoms with E-state index in [4.69, 9.17) is 5.73 Å². The molecule has 0 aliphatic rings. The summed E-state index contributed by atoms with van der Waals surface area (Å²) in [6.45, 7) is 2.76. The maximum Gasteiger partial charge on any atom is 0.0659 e. The Kier molecular flexibility index (Phi) is 3.60. The van der Waals surface area contributed by atoms with Crippen LogP contribution in [0.2, 0.25) is 0 Å². The molecule has 0 amide bonds. The minimum atomic E-state index is 0.0467. The lowest BCUT2D eigenvalue weighted by atomic mass is 10.2. The summed E-state index contributed by atoms with van der Waals surface area (Å²) in [5.41, 5.74) is 8.11. The number of nitrogens with zero attached hydrogens (tertiary/aromatic N) is 2. The quantitative estimate of drug-likeness (QED) is 0.881. The summed E-state index contributed by atoms with van der Waals surface area (Å²) in [5, 5.41) is 4.29. The van der Waals surface area contributed by atoms with Gasteiger partial charge in [-0.1, -0.05) is 12.1 Å². The number of hydrogen-bond acceptors (Lipinski definition) is 2. The molecule has 2 aromatic rings. The summed E-state index contributed by atoms with van der Waals surface area (Å²) in [5.74, 6) is 0. The van der Waals surface area contributed by atoms with Crippen LogP contribution in [-0.2, 0) is 6.54 Å². The Labute approximate surface area is 109 Å². The molecule has 84 valence electrons.